The Morgan fingerprint density at radius 2 is 2.21 bits per heavy atom. The first-order chi connectivity index (χ1) is 6.72. The summed E-state index contributed by atoms with van der Waals surface area (Å²) in [5.41, 5.74) is 0. The van der Waals surface area contributed by atoms with Crippen LogP contribution < -0.4 is 10.6 Å². The van der Waals surface area contributed by atoms with Gasteiger partial charge in [0.25, 0.3) is 0 Å². The number of carbonyl (C=O) groups excluding carboxylic acids is 1. The van der Waals surface area contributed by atoms with E-state index in [2.05, 4.69) is 17.6 Å². The highest BCUT2D eigenvalue weighted by atomic mass is 16.5. The van der Waals surface area contributed by atoms with E-state index in [1.54, 1.807) is 7.11 Å². The summed E-state index contributed by atoms with van der Waals surface area (Å²) in [7, 11) is 1.63. The van der Waals surface area contributed by atoms with Gasteiger partial charge in [-0.25, -0.2) is 0 Å². The molecule has 1 amide bonds. The normalized spacial score (nSPS) is 25.6. The lowest BCUT2D eigenvalue weighted by molar-refractivity contribution is -0.120. The van der Waals surface area contributed by atoms with Gasteiger partial charge >= 0.3 is 0 Å². The molecular formula is C10H20N2O2. The number of hydrogen-bond donors (Lipinski definition) is 2. The van der Waals surface area contributed by atoms with Gasteiger partial charge in [0.15, 0.2) is 0 Å². The lowest BCUT2D eigenvalue weighted by Crippen LogP contribution is -2.45. The summed E-state index contributed by atoms with van der Waals surface area (Å²) in [6, 6.07) is 0.554. The number of carbonyl (C=O) groups is 1. The van der Waals surface area contributed by atoms with E-state index in [1.165, 1.54) is 12.8 Å². The third kappa shape index (κ3) is 4.07. The average molecular weight is 200 g/mol. The molecule has 1 saturated carbocycles. The number of rotatable bonds is 6. The van der Waals surface area contributed by atoms with Crippen molar-refractivity contribution in [1.29, 1.82) is 0 Å². The van der Waals surface area contributed by atoms with Gasteiger partial charge in [-0.15, -0.1) is 0 Å². The Kier molecular flexibility index (Phi) is 4.90. The number of ether oxygens (including phenoxy) is 1. The summed E-state index contributed by atoms with van der Waals surface area (Å²) < 4.78 is 4.83. The predicted molar refractivity (Wildman–Crippen MR) is 55.1 cm³/mol. The molecule has 0 radical (unpaired) electrons. The molecular weight excluding hydrogens is 180 g/mol. The van der Waals surface area contributed by atoms with E-state index in [-0.39, 0.29) is 5.91 Å². The SMILES string of the molecule is COCCNC(=O)CNC1CC(C)C1. The number of amides is 1. The highest BCUT2D eigenvalue weighted by Crippen LogP contribution is 2.25. The maximum atomic E-state index is 11.2. The molecule has 0 heterocycles. The van der Waals surface area contributed by atoms with Crippen LogP contribution in [0.4, 0.5) is 0 Å². The van der Waals surface area contributed by atoms with E-state index in [1.807, 2.05) is 0 Å². The molecule has 0 aromatic rings. The summed E-state index contributed by atoms with van der Waals surface area (Å²) in [6.07, 6.45) is 2.40. The maximum Gasteiger partial charge on any atom is 0.234 e. The van der Waals surface area contributed by atoms with Gasteiger partial charge in [0, 0.05) is 19.7 Å². The molecule has 14 heavy (non-hydrogen) atoms. The molecule has 1 fully saturated rings. The average Bonchev–Trinajstić information content (AvgIpc) is 2.11. The van der Waals surface area contributed by atoms with Crippen molar-refractivity contribution in [3.63, 3.8) is 0 Å². The minimum Gasteiger partial charge on any atom is -0.383 e. The van der Waals surface area contributed by atoms with E-state index in [0.29, 0.717) is 25.7 Å². The summed E-state index contributed by atoms with van der Waals surface area (Å²) in [4.78, 5) is 11.2. The molecule has 82 valence electrons. The fourth-order valence-electron chi connectivity index (χ4n) is 1.66. The summed E-state index contributed by atoms with van der Waals surface area (Å²) in [5.74, 6) is 0.880. The van der Waals surface area contributed by atoms with Gasteiger partial charge in [0.1, 0.15) is 0 Å². The number of hydrogen-bond acceptors (Lipinski definition) is 3. The molecule has 2 N–H and O–H groups in total. The minimum absolute atomic E-state index is 0.0570. The van der Waals surface area contributed by atoms with Gasteiger partial charge in [-0.3, -0.25) is 4.79 Å². The number of methoxy groups -OCH3 is 1. The van der Waals surface area contributed by atoms with Crippen LogP contribution in [0.5, 0.6) is 0 Å². The first kappa shape index (κ1) is 11.5. The van der Waals surface area contributed by atoms with Crippen molar-refractivity contribution in [3.8, 4) is 0 Å². The van der Waals surface area contributed by atoms with Crippen molar-refractivity contribution < 1.29 is 9.53 Å². The molecule has 0 spiro atoms. The second-order valence-corrected chi connectivity index (χ2v) is 4.00. The Bertz CT molecular complexity index is 179. The fourth-order valence-corrected chi connectivity index (χ4v) is 1.66. The molecule has 4 nitrogen and oxygen atoms in total. The predicted octanol–water partition coefficient (Wildman–Crippen LogP) is 0.137. The first-order valence-corrected chi connectivity index (χ1v) is 5.21. The van der Waals surface area contributed by atoms with Crippen LogP contribution in [0.15, 0.2) is 0 Å². The van der Waals surface area contributed by atoms with Crippen molar-refractivity contribution in [1.82, 2.24) is 10.6 Å². The zero-order valence-electron chi connectivity index (χ0n) is 9.01. The van der Waals surface area contributed by atoms with Crippen molar-refractivity contribution in [2.45, 2.75) is 25.8 Å². The zero-order valence-corrected chi connectivity index (χ0v) is 9.01. The highest BCUT2D eigenvalue weighted by Gasteiger charge is 2.24. The molecule has 1 aliphatic carbocycles. The van der Waals surface area contributed by atoms with Crippen LogP contribution in [0.25, 0.3) is 0 Å². The van der Waals surface area contributed by atoms with Gasteiger partial charge in [0.05, 0.1) is 13.2 Å². The van der Waals surface area contributed by atoms with Crippen LogP contribution in [0.3, 0.4) is 0 Å². The van der Waals surface area contributed by atoms with Gasteiger partial charge in [-0.2, -0.15) is 0 Å². The largest absolute Gasteiger partial charge is 0.383 e. The van der Waals surface area contributed by atoms with Crippen molar-refractivity contribution in [2.75, 3.05) is 26.8 Å². The Morgan fingerprint density at radius 3 is 2.79 bits per heavy atom. The smallest absolute Gasteiger partial charge is 0.234 e. The zero-order chi connectivity index (χ0) is 10.4. The molecule has 0 unspecified atom stereocenters. The third-order valence-electron chi connectivity index (χ3n) is 2.55. The molecule has 0 aromatic carbocycles. The van der Waals surface area contributed by atoms with Crippen LogP contribution >= 0.6 is 0 Å². The van der Waals surface area contributed by atoms with Crippen LogP contribution in [0.2, 0.25) is 0 Å². The topological polar surface area (TPSA) is 50.4 Å². The lowest BCUT2D eigenvalue weighted by atomic mass is 9.82. The van der Waals surface area contributed by atoms with Gasteiger partial charge in [-0.1, -0.05) is 6.92 Å². The standard InChI is InChI=1S/C10H20N2O2/c1-8-5-9(6-8)12-7-10(13)11-3-4-14-2/h8-9,12H,3-7H2,1-2H3,(H,11,13). The molecule has 0 saturated heterocycles. The van der Waals surface area contributed by atoms with E-state index in [4.69, 9.17) is 4.74 Å². The second kappa shape index (κ2) is 5.98. The molecule has 0 aliphatic heterocycles. The molecule has 1 rings (SSSR count). The second-order valence-electron chi connectivity index (χ2n) is 4.00. The van der Waals surface area contributed by atoms with Crippen LogP contribution in [-0.4, -0.2) is 38.8 Å². The van der Waals surface area contributed by atoms with Crippen molar-refractivity contribution in [2.24, 2.45) is 5.92 Å². The summed E-state index contributed by atoms with van der Waals surface area (Å²) >= 11 is 0. The van der Waals surface area contributed by atoms with Crippen LogP contribution in [-0.2, 0) is 9.53 Å². The Balaban J connectivity index is 1.93. The van der Waals surface area contributed by atoms with Gasteiger partial charge in [0.2, 0.25) is 5.91 Å². The lowest BCUT2D eigenvalue weighted by Gasteiger charge is -2.33. The number of nitrogens with one attached hydrogen (secondary N) is 2. The molecule has 1 aliphatic rings. The highest BCUT2D eigenvalue weighted by molar-refractivity contribution is 5.77. The van der Waals surface area contributed by atoms with Crippen molar-refractivity contribution >= 4 is 5.91 Å². The van der Waals surface area contributed by atoms with Gasteiger partial charge < -0.3 is 15.4 Å². The first-order valence-electron chi connectivity index (χ1n) is 5.21. The third-order valence-corrected chi connectivity index (χ3v) is 2.55. The summed E-state index contributed by atoms with van der Waals surface area (Å²) in [5, 5.41) is 6.00. The molecule has 0 atom stereocenters. The van der Waals surface area contributed by atoms with E-state index in [9.17, 15) is 4.79 Å². The molecule has 4 heteroatoms. The van der Waals surface area contributed by atoms with Gasteiger partial charge in [-0.05, 0) is 18.8 Å². The monoisotopic (exact) mass is 200 g/mol. The van der Waals surface area contributed by atoms with E-state index in [0.717, 1.165) is 5.92 Å². The minimum atomic E-state index is 0.0570. The maximum absolute atomic E-state index is 11.2. The quantitative estimate of drug-likeness (QED) is 0.600. The molecule has 0 aromatic heterocycles. The Morgan fingerprint density at radius 1 is 1.50 bits per heavy atom. The molecule has 0 bridgehead atoms. The Labute approximate surface area is 85.4 Å². The fraction of sp³-hybridized carbons (Fsp3) is 0.900. The van der Waals surface area contributed by atoms with E-state index >= 15 is 0 Å². The van der Waals surface area contributed by atoms with E-state index < -0.39 is 0 Å². The van der Waals surface area contributed by atoms with Crippen LogP contribution in [0, 0.1) is 5.92 Å². The van der Waals surface area contributed by atoms with Crippen molar-refractivity contribution in [3.05, 3.63) is 0 Å². The van der Waals surface area contributed by atoms with Crippen LogP contribution in [0.1, 0.15) is 19.8 Å². The Hall–Kier alpha value is -0.610. The summed E-state index contributed by atoms with van der Waals surface area (Å²) in [6.45, 7) is 3.84.